The number of benzene rings is 1. The van der Waals surface area contributed by atoms with Crippen molar-refractivity contribution < 1.29 is 9.42 Å². The Kier molecular flexibility index (Phi) is 2.82. The van der Waals surface area contributed by atoms with Gasteiger partial charge in [-0.1, -0.05) is 12.1 Å². The standard InChI is InChI=1S/C15H11N5O2/c21-15(14-3-1-2-11-6-7-17-20(11)14)16-9-10-4-5-12-13(8-10)19-22-18-12/h1-8H,9H2,(H,16,21). The van der Waals surface area contributed by atoms with Crippen LogP contribution in [0.3, 0.4) is 0 Å². The molecule has 3 aromatic heterocycles. The van der Waals surface area contributed by atoms with Crippen LogP contribution in [-0.4, -0.2) is 25.8 Å². The van der Waals surface area contributed by atoms with Gasteiger partial charge in [-0.15, -0.1) is 0 Å². The number of hydrogen-bond acceptors (Lipinski definition) is 5. The van der Waals surface area contributed by atoms with Gasteiger partial charge in [0.05, 0.1) is 11.7 Å². The van der Waals surface area contributed by atoms with Crippen molar-refractivity contribution in [2.75, 3.05) is 0 Å². The van der Waals surface area contributed by atoms with Gasteiger partial charge in [0.1, 0.15) is 16.7 Å². The van der Waals surface area contributed by atoms with Crippen molar-refractivity contribution in [1.82, 2.24) is 25.2 Å². The molecule has 0 aliphatic carbocycles. The first-order valence-electron chi connectivity index (χ1n) is 6.73. The van der Waals surface area contributed by atoms with Crippen molar-refractivity contribution in [3.63, 3.8) is 0 Å². The highest BCUT2D eigenvalue weighted by Gasteiger charge is 2.10. The van der Waals surface area contributed by atoms with E-state index < -0.39 is 0 Å². The molecule has 0 saturated carbocycles. The Morgan fingerprint density at radius 3 is 3.00 bits per heavy atom. The molecule has 0 bridgehead atoms. The predicted octanol–water partition coefficient (Wildman–Crippen LogP) is 1.80. The number of aromatic nitrogens is 4. The van der Waals surface area contributed by atoms with E-state index in [4.69, 9.17) is 0 Å². The van der Waals surface area contributed by atoms with Crippen LogP contribution >= 0.6 is 0 Å². The van der Waals surface area contributed by atoms with Gasteiger partial charge in [0.2, 0.25) is 0 Å². The van der Waals surface area contributed by atoms with E-state index in [-0.39, 0.29) is 5.91 Å². The number of nitrogens with one attached hydrogen (secondary N) is 1. The van der Waals surface area contributed by atoms with Crippen molar-refractivity contribution in [2.45, 2.75) is 6.54 Å². The first-order chi connectivity index (χ1) is 10.8. The summed E-state index contributed by atoms with van der Waals surface area (Å²) in [5.74, 6) is -0.187. The Labute approximate surface area is 124 Å². The molecular formula is C15H11N5O2. The van der Waals surface area contributed by atoms with Crippen LogP contribution in [0, 0.1) is 0 Å². The van der Waals surface area contributed by atoms with Crippen molar-refractivity contribution in [3.8, 4) is 0 Å². The highest BCUT2D eigenvalue weighted by Crippen LogP contribution is 2.12. The molecule has 22 heavy (non-hydrogen) atoms. The molecule has 3 heterocycles. The summed E-state index contributed by atoms with van der Waals surface area (Å²) in [6.45, 7) is 0.388. The summed E-state index contributed by atoms with van der Waals surface area (Å²) >= 11 is 0. The number of pyridine rings is 1. The minimum Gasteiger partial charge on any atom is -0.347 e. The molecular weight excluding hydrogens is 282 g/mol. The number of fused-ring (bicyclic) bond motifs is 2. The van der Waals surface area contributed by atoms with Crippen LogP contribution in [0.15, 0.2) is 53.3 Å². The zero-order valence-corrected chi connectivity index (χ0v) is 11.4. The van der Waals surface area contributed by atoms with E-state index in [1.807, 2.05) is 36.4 Å². The maximum atomic E-state index is 12.3. The predicted molar refractivity (Wildman–Crippen MR) is 78.2 cm³/mol. The Hall–Kier alpha value is -3.22. The van der Waals surface area contributed by atoms with Gasteiger partial charge in [-0.05, 0) is 46.2 Å². The molecule has 7 nitrogen and oxygen atoms in total. The minimum absolute atomic E-state index is 0.187. The summed E-state index contributed by atoms with van der Waals surface area (Å²) in [6.07, 6.45) is 1.66. The molecule has 0 unspecified atom stereocenters. The minimum atomic E-state index is -0.187. The van der Waals surface area contributed by atoms with Gasteiger partial charge in [0, 0.05) is 6.54 Å². The van der Waals surface area contributed by atoms with Crippen molar-refractivity contribution >= 4 is 22.5 Å². The second kappa shape index (κ2) is 4.96. The summed E-state index contributed by atoms with van der Waals surface area (Å²) < 4.78 is 6.27. The molecule has 0 saturated heterocycles. The van der Waals surface area contributed by atoms with Gasteiger partial charge in [-0.3, -0.25) is 4.79 Å². The first-order valence-corrected chi connectivity index (χ1v) is 6.73. The average Bonchev–Trinajstić information content (AvgIpc) is 3.20. The molecule has 0 radical (unpaired) electrons. The molecule has 0 aliphatic rings. The van der Waals surface area contributed by atoms with E-state index in [9.17, 15) is 4.79 Å². The fourth-order valence-corrected chi connectivity index (χ4v) is 2.33. The zero-order chi connectivity index (χ0) is 14.9. The normalized spacial score (nSPS) is 11.1. The average molecular weight is 293 g/mol. The van der Waals surface area contributed by atoms with Crippen molar-refractivity contribution in [2.24, 2.45) is 0 Å². The summed E-state index contributed by atoms with van der Waals surface area (Å²) in [5, 5.41) is 14.6. The smallest absolute Gasteiger partial charge is 0.270 e. The number of nitrogens with zero attached hydrogens (tertiary/aromatic N) is 4. The van der Waals surface area contributed by atoms with Gasteiger partial charge in [0.25, 0.3) is 5.91 Å². The van der Waals surface area contributed by atoms with E-state index >= 15 is 0 Å². The monoisotopic (exact) mass is 293 g/mol. The van der Waals surface area contributed by atoms with Gasteiger partial charge >= 0.3 is 0 Å². The Bertz CT molecular complexity index is 972. The van der Waals surface area contributed by atoms with Crippen LogP contribution in [0.2, 0.25) is 0 Å². The third kappa shape index (κ3) is 2.08. The molecule has 0 fully saturated rings. The van der Waals surface area contributed by atoms with E-state index in [1.54, 1.807) is 16.8 Å². The topological polar surface area (TPSA) is 85.3 Å². The molecule has 1 aromatic carbocycles. The maximum Gasteiger partial charge on any atom is 0.270 e. The van der Waals surface area contributed by atoms with E-state index in [0.29, 0.717) is 23.3 Å². The fraction of sp³-hybridized carbons (Fsp3) is 0.0667. The molecule has 108 valence electrons. The van der Waals surface area contributed by atoms with Crippen LogP contribution in [0.5, 0.6) is 0 Å². The van der Waals surface area contributed by atoms with Crippen LogP contribution in [-0.2, 0) is 6.54 Å². The zero-order valence-electron chi connectivity index (χ0n) is 11.4. The number of hydrogen-bond donors (Lipinski definition) is 1. The molecule has 1 amide bonds. The van der Waals surface area contributed by atoms with Gasteiger partial charge in [-0.25, -0.2) is 9.14 Å². The van der Waals surface area contributed by atoms with E-state index in [0.717, 1.165) is 11.1 Å². The van der Waals surface area contributed by atoms with Gasteiger partial charge < -0.3 is 5.32 Å². The van der Waals surface area contributed by atoms with Crippen LogP contribution in [0.4, 0.5) is 0 Å². The first kappa shape index (κ1) is 12.5. The number of carbonyl (C=O) groups excluding carboxylic acids is 1. The quantitative estimate of drug-likeness (QED) is 0.622. The van der Waals surface area contributed by atoms with Crippen molar-refractivity contribution in [3.05, 3.63) is 59.9 Å². The highest BCUT2D eigenvalue weighted by molar-refractivity contribution is 5.93. The summed E-state index contributed by atoms with van der Waals surface area (Å²) in [5.41, 5.74) is 3.65. The van der Waals surface area contributed by atoms with Crippen LogP contribution < -0.4 is 5.32 Å². The molecule has 1 N–H and O–H groups in total. The highest BCUT2D eigenvalue weighted by atomic mass is 16.6. The number of amides is 1. The van der Waals surface area contributed by atoms with Crippen molar-refractivity contribution in [1.29, 1.82) is 0 Å². The lowest BCUT2D eigenvalue weighted by molar-refractivity contribution is 0.0943. The van der Waals surface area contributed by atoms with Gasteiger partial charge in [-0.2, -0.15) is 5.10 Å². The lowest BCUT2D eigenvalue weighted by Crippen LogP contribution is -2.25. The Morgan fingerprint density at radius 2 is 2.05 bits per heavy atom. The molecule has 7 heteroatoms. The second-order valence-electron chi connectivity index (χ2n) is 4.85. The second-order valence-corrected chi connectivity index (χ2v) is 4.85. The molecule has 0 aliphatic heterocycles. The largest absolute Gasteiger partial charge is 0.347 e. The molecule has 4 aromatic rings. The Balaban J connectivity index is 1.55. The third-order valence-corrected chi connectivity index (χ3v) is 3.43. The number of rotatable bonds is 3. The van der Waals surface area contributed by atoms with E-state index in [1.165, 1.54) is 0 Å². The van der Waals surface area contributed by atoms with Crippen LogP contribution in [0.25, 0.3) is 16.6 Å². The number of carbonyl (C=O) groups is 1. The summed E-state index contributed by atoms with van der Waals surface area (Å²) in [7, 11) is 0. The van der Waals surface area contributed by atoms with Crippen LogP contribution in [0.1, 0.15) is 16.1 Å². The third-order valence-electron chi connectivity index (χ3n) is 3.43. The Morgan fingerprint density at radius 1 is 1.14 bits per heavy atom. The molecule has 4 rings (SSSR count). The summed E-state index contributed by atoms with van der Waals surface area (Å²) in [6, 6.07) is 12.8. The molecule has 0 spiro atoms. The SMILES string of the molecule is O=C(NCc1ccc2nonc2c1)c1cccc2ccnn12. The molecule has 0 atom stereocenters. The maximum absolute atomic E-state index is 12.3. The fourth-order valence-electron chi connectivity index (χ4n) is 2.33. The lowest BCUT2D eigenvalue weighted by Gasteiger charge is -2.07. The lowest BCUT2D eigenvalue weighted by atomic mass is 10.2. The summed E-state index contributed by atoms with van der Waals surface area (Å²) in [4.78, 5) is 12.3. The van der Waals surface area contributed by atoms with Gasteiger partial charge in [0.15, 0.2) is 0 Å². The van der Waals surface area contributed by atoms with E-state index in [2.05, 4.69) is 25.4 Å².